The summed E-state index contributed by atoms with van der Waals surface area (Å²) in [5.41, 5.74) is 4.60. The number of carboxylic acids is 2. The van der Waals surface area contributed by atoms with E-state index >= 15 is 0 Å². The molecule has 0 heterocycles. The summed E-state index contributed by atoms with van der Waals surface area (Å²) < 4.78 is 10.9. The molecule has 67 heavy (non-hydrogen) atoms. The highest BCUT2D eigenvalue weighted by atomic mass is 16.5. The van der Waals surface area contributed by atoms with Gasteiger partial charge in [0.1, 0.15) is 18.1 Å². The van der Waals surface area contributed by atoms with Crippen molar-refractivity contribution in [3.8, 4) is 11.5 Å². The second-order valence-corrected chi connectivity index (χ2v) is 18.5. The lowest BCUT2D eigenvalue weighted by Crippen LogP contribution is -2.85. The molecule has 0 bridgehead atoms. The van der Waals surface area contributed by atoms with Crippen LogP contribution in [0.1, 0.15) is 126 Å². The Morgan fingerprint density at radius 1 is 0.657 bits per heavy atom. The Kier molecular flexibility index (Phi) is 30.3. The molecular weight excluding hydrogens is 863 g/mol. The van der Waals surface area contributed by atoms with Gasteiger partial charge in [0, 0.05) is 14.2 Å². The molecule has 15 heteroatoms. The predicted molar refractivity (Wildman–Crippen MR) is 254 cm³/mol. The van der Waals surface area contributed by atoms with E-state index in [4.69, 9.17) is 35.0 Å². The number of aliphatic hydroxyl groups excluding tert-OH is 8. The standard InChI is InChI=1S/2C23H34O5.C4H11NO2.2CH4O/c2*1-2-3-4-7-17(24)9-10-18-19-11-15-6-5-8-22(28-14-23(26)27)20(15)12-16(19)13-21(18)25;6-3-1-5-2-4-7;2*1-2/h2*5-6,8,16-19,21,24-25H,2-4,7,9-14H2,1H3,(H,26,27);5-7H,1-4H2;2*2H,1H3/t2*16-,17-,18+,19-,21+;;;/m00.../s1. The van der Waals surface area contributed by atoms with Crippen molar-refractivity contribution in [2.75, 3.05) is 53.7 Å². The Labute approximate surface area is 399 Å². The number of benzene rings is 2. The minimum atomic E-state index is -1.22. The minimum Gasteiger partial charge on any atom is -0.546 e. The third kappa shape index (κ3) is 20.2. The first-order valence-electron chi connectivity index (χ1n) is 24.9. The van der Waals surface area contributed by atoms with E-state index in [2.05, 4.69) is 26.0 Å². The largest absolute Gasteiger partial charge is 0.546 e. The summed E-state index contributed by atoms with van der Waals surface area (Å²) in [4.78, 5) is 21.6. The van der Waals surface area contributed by atoms with Gasteiger partial charge in [0.15, 0.2) is 6.61 Å². The summed E-state index contributed by atoms with van der Waals surface area (Å²) in [5, 5.41) is 93.7. The Bertz CT molecular complexity index is 1530. The minimum absolute atomic E-state index is 0.194. The number of carbonyl (C=O) groups excluding carboxylic acids is 1. The number of hydrogen-bond acceptors (Lipinski definition) is 13. The molecule has 15 nitrogen and oxygen atoms in total. The lowest BCUT2D eigenvalue weighted by Gasteiger charge is -2.32. The highest BCUT2D eigenvalue weighted by Crippen LogP contribution is 2.50. The molecule has 2 fully saturated rings. The van der Waals surface area contributed by atoms with Gasteiger partial charge >= 0.3 is 5.97 Å². The number of nitrogens with two attached hydrogens (primary N) is 1. The number of carbonyl (C=O) groups is 2. The van der Waals surface area contributed by atoms with Gasteiger partial charge in [-0.1, -0.05) is 76.6 Å². The molecule has 10 atom stereocenters. The maximum atomic E-state index is 10.8. The number of ether oxygens (including phenoxy) is 2. The summed E-state index contributed by atoms with van der Waals surface area (Å²) in [7, 11) is 2.00. The van der Waals surface area contributed by atoms with Gasteiger partial charge in [-0.15, -0.1) is 0 Å². The van der Waals surface area contributed by atoms with E-state index in [1.54, 1.807) is 0 Å². The average Bonchev–Trinajstić information content (AvgIpc) is 3.81. The summed E-state index contributed by atoms with van der Waals surface area (Å²) in [6.45, 7) is 5.34. The number of carboxylic acid groups (broad SMARTS) is 2. The monoisotopic (exact) mass is 950 g/mol. The number of quaternary nitrogens is 1. The number of aliphatic hydroxyl groups is 8. The van der Waals surface area contributed by atoms with Crippen molar-refractivity contribution < 1.29 is 75.4 Å². The SMILES string of the molecule is CCCCC[C@H](O)CC[C@@H]1[C@H]2Cc3cccc(OCC(=O)O)c3C[C@H]2C[C@H]1O.CCCCC[C@H](O)CC[C@@H]1[C@H]2Cc3cccc(OCC(=O)[O-])c3C[C@H]2C[C@H]1O.CO.CO.OCC[NH2+]CCO. The number of hydrogen-bond donors (Lipinski definition) is 10. The molecule has 11 N–H and O–H groups in total. The van der Waals surface area contributed by atoms with E-state index in [0.717, 1.165) is 141 Å². The van der Waals surface area contributed by atoms with E-state index in [1.165, 1.54) is 11.1 Å². The molecule has 2 aromatic carbocycles. The molecule has 0 spiro atoms. The first-order chi connectivity index (χ1) is 32.4. The molecule has 0 saturated heterocycles. The molecule has 4 aliphatic rings. The van der Waals surface area contributed by atoms with Gasteiger partial charge in [0.2, 0.25) is 0 Å². The molecule has 2 aromatic rings. The summed E-state index contributed by atoms with van der Waals surface area (Å²) in [6.07, 6.45) is 15.6. The van der Waals surface area contributed by atoms with Crippen LogP contribution in [0.5, 0.6) is 11.5 Å². The Hall–Kier alpha value is -3.38. The summed E-state index contributed by atoms with van der Waals surface area (Å²) >= 11 is 0. The summed E-state index contributed by atoms with van der Waals surface area (Å²) in [6, 6.07) is 11.7. The lowest BCUT2D eigenvalue weighted by atomic mass is 9.73. The van der Waals surface area contributed by atoms with Crippen LogP contribution >= 0.6 is 0 Å². The first-order valence-corrected chi connectivity index (χ1v) is 24.9. The molecule has 0 radical (unpaired) electrons. The molecule has 2 saturated carbocycles. The van der Waals surface area contributed by atoms with E-state index in [-0.39, 0.29) is 56.1 Å². The third-order valence-corrected chi connectivity index (χ3v) is 14.0. The molecule has 0 amide bonds. The van der Waals surface area contributed by atoms with Crippen molar-refractivity contribution in [3.63, 3.8) is 0 Å². The number of aliphatic carboxylic acids is 2. The molecule has 384 valence electrons. The zero-order valence-electron chi connectivity index (χ0n) is 40.9. The smallest absolute Gasteiger partial charge is 0.341 e. The van der Waals surface area contributed by atoms with Gasteiger partial charge in [-0.25, -0.2) is 4.79 Å². The van der Waals surface area contributed by atoms with Gasteiger partial charge in [-0.3, -0.25) is 0 Å². The van der Waals surface area contributed by atoms with Crippen LogP contribution < -0.4 is 19.9 Å². The second kappa shape index (κ2) is 34.0. The van der Waals surface area contributed by atoms with Gasteiger partial charge in [-0.05, 0) is 147 Å². The fourth-order valence-corrected chi connectivity index (χ4v) is 10.8. The molecular formula is C52H87NO14. The lowest BCUT2D eigenvalue weighted by molar-refractivity contribution is -0.657. The predicted octanol–water partition coefficient (Wildman–Crippen LogP) is 2.58. The molecule has 0 aliphatic heterocycles. The number of unbranched alkanes of at least 4 members (excludes halogenated alkanes) is 4. The van der Waals surface area contributed by atoms with Crippen molar-refractivity contribution in [1.29, 1.82) is 0 Å². The van der Waals surface area contributed by atoms with Gasteiger partial charge in [0.05, 0.1) is 56.7 Å². The Morgan fingerprint density at radius 2 is 1.07 bits per heavy atom. The van der Waals surface area contributed by atoms with Crippen molar-refractivity contribution in [3.05, 3.63) is 58.7 Å². The van der Waals surface area contributed by atoms with Crippen LogP contribution in [-0.2, 0) is 35.3 Å². The topological polar surface area (TPSA) is 274 Å². The van der Waals surface area contributed by atoms with Crippen LogP contribution in [-0.4, -0.2) is 136 Å². The van der Waals surface area contributed by atoms with E-state index < -0.39 is 18.5 Å². The van der Waals surface area contributed by atoms with Crippen molar-refractivity contribution in [1.82, 2.24) is 0 Å². The fourth-order valence-electron chi connectivity index (χ4n) is 10.8. The van der Waals surface area contributed by atoms with E-state index in [9.17, 15) is 35.1 Å². The maximum Gasteiger partial charge on any atom is 0.341 e. The van der Waals surface area contributed by atoms with E-state index in [1.807, 2.05) is 29.6 Å². The summed E-state index contributed by atoms with van der Waals surface area (Å²) in [5.74, 6) is 1.21. The Balaban J connectivity index is 0.000000378. The highest BCUT2D eigenvalue weighted by Gasteiger charge is 2.46. The van der Waals surface area contributed by atoms with Crippen molar-refractivity contribution in [2.24, 2.45) is 35.5 Å². The fraction of sp³-hybridized carbons (Fsp3) is 0.731. The van der Waals surface area contributed by atoms with Gasteiger partial charge in [-0.2, -0.15) is 0 Å². The maximum absolute atomic E-state index is 10.8. The van der Waals surface area contributed by atoms with Crippen LogP contribution in [0.4, 0.5) is 0 Å². The first kappa shape index (κ1) is 59.7. The molecule has 0 unspecified atom stereocenters. The van der Waals surface area contributed by atoms with Crippen molar-refractivity contribution >= 4 is 11.9 Å². The molecule has 6 rings (SSSR count). The quantitative estimate of drug-likeness (QED) is 0.0678. The zero-order valence-corrected chi connectivity index (χ0v) is 40.9. The normalized spacial score (nSPS) is 23.8. The molecule has 4 aliphatic carbocycles. The third-order valence-electron chi connectivity index (χ3n) is 14.0. The van der Waals surface area contributed by atoms with Gasteiger partial charge in [0.25, 0.3) is 0 Å². The van der Waals surface area contributed by atoms with Crippen molar-refractivity contribution in [2.45, 2.75) is 154 Å². The van der Waals surface area contributed by atoms with Crippen LogP contribution in [0.3, 0.4) is 0 Å². The Morgan fingerprint density at radius 3 is 1.45 bits per heavy atom. The van der Waals surface area contributed by atoms with Gasteiger partial charge < -0.3 is 70.7 Å². The van der Waals surface area contributed by atoms with Crippen LogP contribution in [0, 0.1) is 35.5 Å². The number of fused-ring (bicyclic) bond motifs is 4. The number of rotatable bonds is 24. The van der Waals surface area contributed by atoms with E-state index in [0.29, 0.717) is 48.3 Å². The van der Waals surface area contributed by atoms with Crippen LogP contribution in [0.2, 0.25) is 0 Å². The van der Waals surface area contributed by atoms with Crippen LogP contribution in [0.15, 0.2) is 36.4 Å². The zero-order chi connectivity index (χ0) is 49.7. The molecule has 0 aromatic heterocycles. The highest BCUT2D eigenvalue weighted by molar-refractivity contribution is 5.68. The average molecular weight is 950 g/mol. The van der Waals surface area contributed by atoms with Crippen LogP contribution in [0.25, 0.3) is 0 Å². The second-order valence-electron chi connectivity index (χ2n) is 18.5.